The van der Waals surface area contributed by atoms with Crippen molar-refractivity contribution in [3.05, 3.63) is 40.8 Å². The third-order valence-corrected chi connectivity index (χ3v) is 9.37. The molecule has 5 rings (SSSR count). The van der Waals surface area contributed by atoms with Crippen LogP contribution in [0.25, 0.3) is 0 Å². The van der Waals surface area contributed by atoms with E-state index in [1.54, 1.807) is 5.38 Å². The normalized spacial score (nSPS) is 23.4. The number of aromatic nitrogens is 3. The molecule has 3 aliphatic rings. The number of fused-ring (bicyclic) bond motifs is 1. The fourth-order valence-corrected chi connectivity index (χ4v) is 7.27. The van der Waals surface area contributed by atoms with Gasteiger partial charge in [-0.2, -0.15) is 4.37 Å². The summed E-state index contributed by atoms with van der Waals surface area (Å²) in [7, 11) is 0. The average Bonchev–Trinajstić information content (AvgIpc) is 3.64. The molecule has 3 atom stereocenters. The SMILES string of the molecule is Nc1nc(/C(=N/OC2C=CCC2)C(=O)NC2C(=O)N3C(C(=O)O)=C(CSc4ncns4)CS[C@H]23)cs1. The van der Waals surface area contributed by atoms with Crippen LogP contribution >= 0.6 is 46.4 Å². The van der Waals surface area contributed by atoms with Crippen LogP contribution in [-0.2, 0) is 19.2 Å². The van der Waals surface area contributed by atoms with Crippen molar-refractivity contribution in [1.82, 2.24) is 24.6 Å². The number of nitrogens with one attached hydrogen (secondary N) is 1. The maximum Gasteiger partial charge on any atom is 0.352 e. The number of nitrogen functional groups attached to an aromatic ring is 1. The van der Waals surface area contributed by atoms with Crippen LogP contribution in [0.5, 0.6) is 0 Å². The molecule has 16 heteroatoms. The lowest BCUT2D eigenvalue weighted by Crippen LogP contribution is -2.71. The van der Waals surface area contributed by atoms with E-state index >= 15 is 0 Å². The number of nitrogens with two attached hydrogens (primary N) is 1. The monoisotopic (exact) mass is 565 g/mol. The van der Waals surface area contributed by atoms with Crippen molar-refractivity contribution < 1.29 is 24.3 Å². The molecule has 2 unspecified atom stereocenters. The summed E-state index contributed by atoms with van der Waals surface area (Å²) in [5.41, 5.74) is 6.43. The molecule has 2 aromatic rings. The molecule has 2 aromatic heterocycles. The number of carboxylic acid groups (broad SMARTS) is 1. The quantitative estimate of drug-likeness (QED) is 0.132. The van der Waals surface area contributed by atoms with Gasteiger partial charge in [0.1, 0.15) is 35.2 Å². The number of aliphatic carboxylic acids is 1. The number of oxime groups is 1. The topological polar surface area (TPSA) is 173 Å². The van der Waals surface area contributed by atoms with Crippen molar-refractivity contribution >= 4 is 75.0 Å². The fraction of sp³-hybridized carbons (Fsp3) is 0.350. The number of carboxylic acids is 1. The predicted molar refractivity (Wildman–Crippen MR) is 137 cm³/mol. The van der Waals surface area contributed by atoms with E-state index in [2.05, 4.69) is 24.8 Å². The number of hydrogen-bond donors (Lipinski definition) is 3. The maximum absolute atomic E-state index is 13.2. The number of amides is 2. The van der Waals surface area contributed by atoms with Crippen molar-refractivity contribution in [3.63, 3.8) is 0 Å². The molecule has 2 aliphatic heterocycles. The minimum absolute atomic E-state index is 0.0521. The molecule has 12 nitrogen and oxygen atoms in total. The van der Waals surface area contributed by atoms with Crippen molar-refractivity contribution in [2.75, 3.05) is 17.2 Å². The Kier molecular flexibility index (Phi) is 7.27. The van der Waals surface area contributed by atoms with E-state index < -0.39 is 29.2 Å². The van der Waals surface area contributed by atoms with Crippen LogP contribution in [0.15, 0.2) is 44.6 Å². The molecule has 0 spiro atoms. The fourth-order valence-electron chi connectivity index (χ4n) is 3.79. The number of nitrogens with zero attached hydrogens (tertiary/aromatic N) is 5. The summed E-state index contributed by atoms with van der Waals surface area (Å²) in [6.45, 7) is 0. The van der Waals surface area contributed by atoms with Gasteiger partial charge in [0, 0.05) is 16.9 Å². The Bertz CT molecular complexity index is 1280. The van der Waals surface area contributed by atoms with Gasteiger partial charge in [0.25, 0.3) is 11.8 Å². The van der Waals surface area contributed by atoms with Crippen LogP contribution in [0.3, 0.4) is 0 Å². The van der Waals surface area contributed by atoms with Crippen molar-refractivity contribution in [2.24, 2.45) is 5.16 Å². The van der Waals surface area contributed by atoms with Crippen molar-refractivity contribution in [2.45, 2.75) is 34.7 Å². The summed E-state index contributed by atoms with van der Waals surface area (Å²) >= 11 is 5.12. The first-order chi connectivity index (χ1) is 17.4. The van der Waals surface area contributed by atoms with E-state index in [4.69, 9.17) is 10.6 Å². The van der Waals surface area contributed by atoms with Crippen LogP contribution in [0, 0.1) is 0 Å². The second kappa shape index (κ2) is 10.6. The van der Waals surface area contributed by atoms with Gasteiger partial charge in [-0.3, -0.25) is 14.5 Å². The number of anilines is 1. The number of thiazole rings is 1. The van der Waals surface area contributed by atoms with Gasteiger partial charge in [-0.05, 0) is 36.0 Å². The highest BCUT2D eigenvalue weighted by Gasteiger charge is 2.54. The molecule has 188 valence electrons. The Morgan fingerprint density at radius 3 is 2.94 bits per heavy atom. The highest BCUT2D eigenvalue weighted by Crippen LogP contribution is 2.41. The number of carbonyl (C=O) groups excluding carboxylic acids is 2. The summed E-state index contributed by atoms with van der Waals surface area (Å²) in [5.74, 6) is -1.58. The zero-order valence-corrected chi connectivity index (χ0v) is 21.7. The average molecular weight is 566 g/mol. The van der Waals surface area contributed by atoms with Gasteiger partial charge in [-0.25, -0.2) is 14.8 Å². The number of hydrogen-bond acceptors (Lipinski definition) is 13. The Balaban J connectivity index is 1.31. The van der Waals surface area contributed by atoms with Crippen molar-refractivity contribution in [1.29, 1.82) is 0 Å². The van der Waals surface area contributed by atoms with Gasteiger partial charge >= 0.3 is 5.97 Å². The first-order valence-corrected chi connectivity index (χ1v) is 14.3. The highest BCUT2D eigenvalue weighted by atomic mass is 32.2. The summed E-state index contributed by atoms with van der Waals surface area (Å²) in [6, 6.07) is -0.915. The van der Waals surface area contributed by atoms with Gasteiger partial charge in [0.15, 0.2) is 15.2 Å². The standard InChI is InChI=1S/C20H19N7O5S4/c21-19-24-11(7-34-19)12(26-32-10-3-1-2-4-10)15(28)25-13-16(29)27-14(18(30)31)9(5-33-17(13)27)6-35-20-22-8-23-36-20/h1,3,7-8,10,13,17H,2,4-6H2,(H2,21,24)(H,25,28)(H,30,31)/b26-12-/t10?,13?,17-/m1/s1. The molecule has 4 N–H and O–H groups in total. The largest absolute Gasteiger partial charge is 0.477 e. The first-order valence-electron chi connectivity index (χ1n) is 10.6. The lowest BCUT2D eigenvalue weighted by atomic mass is 10.0. The molecule has 0 radical (unpaired) electrons. The zero-order chi connectivity index (χ0) is 25.2. The Hall–Kier alpha value is -2.95. The van der Waals surface area contributed by atoms with Crippen molar-refractivity contribution in [3.8, 4) is 0 Å². The smallest absolute Gasteiger partial charge is 0.352 e. The number of allylic oxidation sites excluding steroid dienone is 1. The molecule has 0 aromatic carbocycles. The molecule has 1 saturated heterocycles. The first kappa shape index (κ1) is 24.7. The minimum atomic E-state index is -1.19. The van der Waals surface area contributed by atoms with Gasteiger partial charge in [-0.1, -0.05) is 23.0 Å². The van der Waals surface area contributed by atoms with Crippen LogP contribution in [0.4, 0.5) is 5.13 Å². The molecule has 0 saturated carbocycles. The minimum Gasteiger partial charge on any atom is -0.477 e. The Morgan fingerprint density at radius 2 is 2.28 bits per heavy atom. The van der Waals surface area contributed by atoms with E-state index in [1.807, 2.05) is 12.2 Å². The van der Waals surface area contributed by atoms with E-state index in [9.17, 15) is 19.5 Å². The van der Waals surface area contributed by atoms with Gasteiger partial charge in [-0.15, -0.1) is 23.1 Å². The second-order valence-corrected chi connectivity index (χ2v) is 11.8. The summed E-state index contributed by atoms with van der Waals surface area (Å²) in [5, 5.41) is 17.8. The molecule has 1 aliphatic carbocycles. The Labute approximate surface area is 221 Å². The second-order valence-electron chi connectivity index (χ2n) is 7.77. The zero-order valence-electron chi connectivity index (χ0n) is 18.4. The molecule has 2 amide bonds. The third-order valence-electron chi connectivity index (χ3n) is 5.47. The van der Waals surface area contributed by atoms with Crippen LogP contribution in [0.1, 0.15) is 18.5 Å². The Morgan fingerprint density at radius 1 is 1.42 bits per heavy atom. The van der Waals surface area contributed by atoms with E-state index in [0.29, 0.717) is 21.4 Å². The number of carbonyl (C=O) groups is 3. The van der Waals surface area contributed by atoms with Gasteiger partial charge < -0.3 is 21.0 Å². The van der Waals surface area contributed by atoms with Gasteiger partial charge in [0.2, 0.25) is 0 Å². The molecular weight excluding hydrogens is 547 g/mol. The van der Waals surface area contributed by atoms with E-state index in [-0.39, 0.29) is 28.3 Å². The van der Waals surface area contributed by atoms with Crippen LogP contribution in [-0.4, -0.2) is 76.9 Å². The van der Waals surface area contributed by atoms with Gasteiger partial charge in [0.05, 0.1) is 0 Å². The van der Waals surface area contributed by atoms with E-state index in [1.165, 1.54) is 46.3 Å². The predicted octanol–water partition coefficient (Wildman–Crippen LogP) is 1.55. The van der Waals surface area contributed by atoms with Crippen LogP contribution in [0.2, 0.25) is 0 Å². The summed E-state index contributed by atoms with van der Waals surface area (Å²) < 4.78 is 4.65. The van der Waals surface area contributed by atoms with E-state index in [0.717, 1.165) is 24.2 Å². The number of β-lactam (4-membered cyclic amide) rings is 1. The molecule has 1 fully saturated rings. The summed E-state index contributed by atoms with van der Waals surface area (Å²) in [4.78, 5) is 53.2. The molecule has 0 bridgehead atoms. The molecule has 4 heterocycles. The lowest BCUT2D eigenvalue weighted by Gasteiger charge is -2.49. The third kappa shape index (κ3) is 4.98. The lowest BCUT2D eigenvalue weighted by molar-refractivity contribution is -0.150. The molecular formula is C20H19N7O5S4. The number of thioether (sulfide) groups is 2. The number of rotatable bonds is 9. The maximum atomic E-state index is 13.2. The molecule has 36 heavy (non-hydrogen) atoms. The van der Waals surface area contributed by atoms with Crippen LogP contribution < -0.4 is 11.1 Å². The highest BCUT2D eigenvalue weighted by molar-refractivity contribution is 8.01. The summed E-state index contributed by atoms with van der Waals surface area (Å²) in [6.07, 6.45) is 6.62.